The van der Waals surface area contributed by atoms with Crippen LogP contribution in [0.5, 0.6) is 0 Å². The molecule has 1 unspecified atom stereocenters. The Hall–Kier alpha value is -4.11. The minimum absolute atomic E-state index is 0.0684. The first-order chi connectivity index (χ1) is 20.0. The van der Waals surface area contributed by atoms with Crippen molar-refractivity contribution >= 4 is 17.6 Å². The molecule has 9 nitrogen and oxygen atoms in total. The number of rotatable bonds is 6. The average Bonchev–Trinajstić information content (AvgIpc) is 3.35. The molecule has 1 saturated heterocycles. The zero-order chi connectivity index (χ0) is 30.2. The molecule has 1 N–H and O–H groups in total. The van der Waals surface area contributed by atoms with Crippen LogP contribution in [0.3, 0.4) is 0 Å². The molecule has 0 bridgehead atoms. The molecule has 0 amide bonds. The van der Waals surface area contributed by atoms with Gasteiger partial charge in [-0.15, -0.1) is 5.10 Å². The molecule has 1 fully saturated rings. The summed E-state index contributed by atoms with van der Waals surface area (Å²) in [7, 11) is 3.46. The molecule has 12 heteroatoms. The molecule has 0 saturated carbocycles. The van der Waals surface area contributed by atoms with Gasteiger partial charge < -0.3 is 9.22 Å². The quantitative estimate of drug-likeness (QED) is 0.373. The number of halogens is 3. The number of H-pyrrole nitrogens is 1. The van der Waals surface area contributed by atoms with Crippen LogP contribution in [0.15, 0.2) is 63.6 Å². The summed E-state index contributed by atoms with van der Waals surface area (Å²) >= 11 is 0. The van der Waals surface area contributed by atoms with Crippen LogP contribution >= 0.6 is 0 Å². The fourth-order valence-corrected chi connectivity index (χ4v) is 6.54. The number of benzene rings is 1. The van der Waals surface area contributed by atoms with E-state index in [0.29, 0.717) is 24.1 Å². The first kappa shape index (κ1) is 29.4. The molecule has 2 atom stereocenters. The molecule has 5 rings (SSSR count). The Bertz CT molecular complexity index is 1570. The number of anilines is 2. The second-order valence-corrected chi connectivity index (χ2v) is 11.5. The predicted molar refractivity (Wildman–Crippen MR) is 149 cm³/mol. The monoisotopic (exact) mass is 583 g/mol. The number of carbonyl (C=O) groups excluding carboxylic acids is 1. The molecule has 1 aromatic heterocycles. The number of nitriles is 1. The van der Waals surface area contributed by atoms with Gasteiger partial charge in [-0.2, -0.15) is 18.4 Å². The van der Waals surface area contributed by atoms with Crippen LogP contribution in [-0.2, 0) is 15.7 Å². The van der Waals surface area contributed by atoms with E-state index in [1.807, 2.05) is 6.08 Å². The summed E-state index contributed by atoms with van der Waals surface area (Å²) in [5.74, 6) is -1.02. The number of esters is 1. The molecular formula is C30H34F3N6O3+. The number of nitrogens with zero attached hydrogens (tertiary/aromatic N) is 5. The van der Waals surface area contributed by atoms with Crippen LogP contribution in [0.2, 0.25) is 0 Å². The molecular weight excluding hydrogens is 549 g/mol. The van der Waals surface area contributed by atoms with Gasteiger partial charge >= 0.3 is 17.8 Å². The number of aromatic nitrogens is 3. The fourth-order valence-electron chi connectivity index (χ4n) is 6.54. The van der Waals surface area contributed by atoms with Crippen LogP contribution in [0.1, 0.15) is 50.6 Å². The molecule has 42 heavy (non-hydrogen) atoms. The SMILES string of the molecule is COC(=O)C1=C(C)N(c2cccc(C(F)(F)F)c2)c2n[nH]c(=O)n2[C@@H]1C1CC=C(C#N)C=C1CC[N+]1(C)CCCCC1. The maximum absolute atomic E-state index is 13.6. The van der Waals surface area contributed by atoms with Crippen molar-refractivity contribution in [2.45, 2.75) is 51.2 Å². The lowest BCUT2D eigenvalue weighted by atomic mass is 9.77. The van der Waals surface area contributed by atoms with Crippen molar-refractivity contribution in [1.29, 1.82) is 5.26 Å². The van der Waals surface area contributed by atoms with Crippen molar-refractivity contribution in [2.24, 2.45) is 5.92 Å². The lowest BCUT2D eigenvalue weighted by Gasteiger charge is -2.41. The lowest BCUT2D eigenvalue weighted by Crippen LogP contribution is -2.49. The summed E-state index contributed by atoms with van der Waals surface area (Å²) < 4.78 is 48.3. The zero-order valence-electron chi connectivity index (χ0n) is 23.9. The van der Waals surface area contributed by atoms with E-state index in [0.717, 1.165) is 54.7 Å². The standard InChI is InChI=1S/C30H33F3N6O3/c1-19-25(27(40)42-3)26(24-11-10-20(18-34)16-21(24)12-15-39(2)13-5-4-6-14-39)38-28(35-36-29(38)41)37(19)23-9-7-8-22(17-23)30(31,32)33/h7-10,16-17,24,26H,4-6,11-15H2,1-3H3/p+1/t24?,26-/m1/s1. The van der Waals surface area contributed by atoms with Crippen LogP contribution in [0.4, 0.5) is 24.8 Å². The van der Waals surface area contributed by atoms with Gasteiger partial charge in [0.2, 0.25) is 5.95 Å². The summed E-state index contributed by atoms with van der Waals surface area (Å²) in [6, 6.07) is 6.02. The molecule has 2 aromatic rings. The highest BCUT2D eigenvalue weighted by Crippen LogP contribution is 2.47. The van der Waals surface area contributed by atoms with Crippen molar-refractivity contribution in [3.05, 3.63) is 74.9 Å². The van der Waals surface area contributed by atoms with E-state index in [1.165, 1.54) is 35.1 Å². The number of alkyl halides is 3. The van der Waals surface area contributed by atoms with Gasteiger partial charge in [-0.05, 0) is 56.9 Å². The van der Waals surface area contributed by atoms with E-state index in [4.69, 9.17) is 4.74 Å². The van der Waals surface area contributed by atoms with Crippen molar-refractivity contribution in [3.63, 3.8) is 0 Å². The fraction of sp³-hybridized carbons (Fsp3) is 0.467. The van der Waals surface area contributed by atoms with E-state index in [-0.39, 0.29) is 23.1 Å². The minimum Gasteiger partial charge on any atom is -0.466 e. The molecule has 1 aliphatic carbocycles. The molecule has 2 aliphatic heterocycles. The summed E-state index contributed by atoms with van der Waals surface area (Å²) in [4.78, 5) is 28.2. The second-order valence-electron chi connectivity index (χ2n) is 11.5. The van der Waals surface area contributed by atoms with E-state index < -0.39 is 29.4 Å². The number of ether oxygens (including phenoxy) is 1. The van der Waals surface area contributed by atoms with Crippen LogP contribution < -0.4 is 10.6 Å². The number of fused-ring (bicyclic) bond motifs is 1. The van der Waals surface area contributed by atoms with Crippen molar-refractivity contribution < 1.29 is 27.2 Å². The Kier molecular flexibility index (Phi) is 7.90. The highest BCUT2D eigenvalue weighted by molar-refractivity contribution is 5.93. The van der Waals surface area contributed by atoms with Gasteiger partial charge in [0.25, 0.3) is 0 Å². The molecule has 0 spiro atoms. The number of nitrogens with one attached hydrogen (secondary N) is 1. The summed E-state index contributed by atoms with van der Waals surface area (Å²) in [5.41, 5.74) is 0.520. The first-order valence-corrected chi connectivity index (χ1v) is 14.0. The number of aromatic amines is 1. The van der Waals surface area contributed by atoms with Crippen LogP contribution in [-0.4, -0.2) is 59.0 Å². The van der Waals surface area contributed by atoms with Crippen LogP contribution in [0, 0.1) is 17.2 Å². The first-order valence-electron chi connectivity index (χ1n) is 14.0. The van der Waals surface area contributed by atoms with Gasteiger partial charge in [0.05, 0.1) is 57.0 Å². The van der Waals surface area contributed by atoms with Crippen molar-refractivity contribution in [3.8, 4) is 6.07 Å². The maximum atomic E-state index is 13.6. The molecule has 3 aliphatic rings. The van der Waals surface area contributed by atoms with Crippen molar-refractivity contribution in [2.75, 3.05) is 38.7 Å². The number of hydrogen-bond donors (Lipinski definition) is 1. The zero-order valence-corrected chi connectivity index (χ0v) is 23.9. The number of methoxy groups -OCH3 is 1. The molecule has 1 aromatic carbocycles. The molecule has 0 radical (unpaired) electrons. The third kappa shape index (κ3) is 5.41. The van der Waals surface area contributed by atoms with Gasteiger partial charge in [-0.25, -0.2) is 14.7 Å². The van der Waals surface area contributed by atoms with E-state index in [1.54, 1.807) is 13.0 Å². The Morgan fingerprint density at radius 2 is 2.00 bits per heavy atom. The van der Waals surface area contributed by atoms with Crippen molar-refractivity contribution in [1.82, 2.24) is 14.8 Å². The Morgan fingerprint density at radius 1 is 1.26 bits per heavy atom. The second kappa shape index (κ2) is 11.3. The van der Waals surface area contributed by atoms with E-state index in [9.17, 15) is 28.0 Å². The van der Waals surface area contributed by atoms with Gasteiger partial charge in [-0.1, -0.05) is 17.7 Å². The van der Waals surface area contributed by atoms with Gasteiger partial charge in [-0.3, -0.25) is 9.47 Å². The predicted octanol–water partition coefficient (Wildman–Crippen LogP) is 5.15. The Labute approximate surface area is 241 Å². The minimum atomic E-state index is -4.59. The summed E-state index contributed by atoms with van der Waals surface area (Å²) in [5, 5.41) is 16.3. The Morgan fingerprint density at radius 3 is 2.67 bits per heavy atom. The number of hydrogen-bond acceptors (Lipinski definition) is 6. The van der Waals surface area contributed by atoms with Gasteiger partial charge in [0, 0.05) is 29.3 Å². The number of likely N-dealkylation sites (tertiary alicyclic amines) is 1. The number of quaternary nitrogens is 1. The van der Waals surface area contributed by atoms with Crippen LogP contribution in [0.25, 0.3) is 0 Å². The smallest absolute Gasteiger partial charge is 0.416 e. The van der Waals surface area contributed by atoms with E-state index in [2.05, 4.69) is 23.3 Å². The van der Waals surface area contributed by atoms with E-state index >= 15 is 0 Å². The number of carbonyl (C=O) groups is 1. The molecule has 222 valence electrons. The largest absolute Gasteiger partial charge is 0.466 e. The third-order valence-corrected chi connectivity index (χ3v) is 8.78. The summed E-state index contributed by atoms with van der Waals surface area (Å²) in [6.07, 6.45) is 3.60. The molecule has 3 heterocycles. The third-order valence-electron chi connectivity index (χ3n) is 8.78. The Balaban J connectivity index is 1.63. The average molecular weight is 584 g/mol. The number of allylic oxidation sites excluding steroid dienone is 4. The maximum Gasteiger partial charge on any atom is 0.416 e. The normalized spacial score (nSPS) is 22.2. The lowest BCUT2D eigenvalue weighted by molar-refractivity contribution is -0.913. The highest BCUT2D eigenvalue weighted by Gasteiger charge is 2.44. The highest BCUT2D eigenvalue weighted by atomic mass is 19.4. The van der Waals surface area contributed by atoms with Gasteiger partial charge in [0.1, 0.15) is 0 Å². The number of piperidine rings is 1. The van der Waals surface area contributed by atoms with Gasteiger partial charge in [0.15, 0.2) is 0 Å². The topological polar surface area (TPSA) is 104 Å². The summed E-state index contributed by atoms with van der Waals surface area (Å²) in [6.45, 7) is 4.58.